The van der Waals surface area contributed by atoms with Crippen molar-refractivity contribution in [3.8, 4) is 0 Å². The summed E-state index contributed by atoms with van der Waals surface area (Å²) in [6, 6.07) is 15.4. The number of benzene rings is 2. The van der Waals surface area contributed by atoms with E-state index in [-0.39, 0.29) is 17.5 Å². The zero-order valence-corrected chi connectivity index (χ0v) is 17.4. The van der Waals surface area contributed by atoms with Gasteiger partial charge in [0.25, 0.3) is 0 Å². The van der Waals surface area contributed by atoms with E-state index in [2.05, 4.69) is 45.0 Å². The molecule has 1 atom stereocenters. The maximum absolute atomic E-state index is 12.6. The topological polar surface area (TPSA) is 58.2 Å². The van der Waals surface area contributed by atoms with Crippen LogP contribution in [0.5, 0.6) is 0 Å². The molecule has 1 unspecified atom stereocenters. The number of sulfonamides is 1. The van der Waals surface area contributed by atoms with Crippen molar-refractivity contribution in [3.63, 3.8) is 0 Å². The van der Waals surface area contributed by atoms with Crippen molar-refractivity contribution in [2.75, 3.05) is 6.54 Å². The molecule has 2 aromatic carbocycles. The highest BCUT2D eigenvalue weighted by Gasteiger charge is 2.25. The molecular weight excluding hydrogens is 400 g/mol. The van der Waals surface area contributed by atoms with E-state index < -0.39 is 15.6 Å². The summed E-state index contributed by atoms with van der Waals surface area (Å²) in [5.41, 5.74) is 1.77. The average molecular weight is 425 g/mol. The van der Waals surface area contributed by atoms with Gasteiger partial charge in [-0.3, -0.25) is 0 Å². The Labute approximate surface area is 159 Å². The van der Waals surface area contributed by atoms with E-state index >= 15 is 0 Å². The Morgan fingerprint density at radius 1 is 1.12 bits per heavy atom. The number of nitrogens with one attached hydrogen (secondary N) is 2. The van der Waals surface area contributed by atoms with E-state index in [1.807, 2.05) is 39.0 Å². The highest BCUT2D eigenvalue weighted by atomic mass is 79.9. The predicted octanol–water partition coefficient (Wildman–Crippen LogP) is 4.17. The molecule has 25 heavy (non-hydrogen) atoms. The van der Waals surface area contributed by atoms with Gasteiger partial charge in [-0.15, -0.1) is 0 Å². The molecule has 0 saturated carbocycles. The third-order valence-electron chi connectivity index (χ3n) is 3.99. The molecule has 2 aromatic rings. The minimum Gasteiger partial charge on any atom is -0.304 e. The fourth-order valence-electron chi connectivity index (χ4n) is 2.64. The first-order chi connectivity index (χ1) is 11.6. The van der Waals surface area contributed by atoms with Gasteiger partial charge >= 0.3 is 0 Å². The van der Waals surface area contributed by atoms with Gasteiger partial charge in [-0.1, -0.05) is 36.4 Å². The van der Waals surface area contributed by atoms with Gasteiger partial charge in [-0.05, 0) is 66.9 Å². The van der Waals surface area contributed by atoms with Crippen LogP contribution in [-0.2, 0) is 10.0 Å². The Morgan fingerprint density at radius 3 is 2.36 bits per heavy atom. The molecule has 0 radical (unpaired) electrons. The second kappa shape index (κ2) is 7.99. The maximum atomic E-state index is 12.6. The molecule has 2 rings (SSSR count). The van der Waals surface area contributed by atoms with Crippen LogP contribution >= 0.6 is 15.9 Å². The van der Waals surface area contributed by atoms with Gasteiger partial charge in [0.2, 0.25) is 10.0 Å². The third kappa shape index (κ3) is 5.64. The van der Waals surface area contributed by atoms with Crippen LogP contribution in [0.2, 0.25) is 0 Å². The number of aryl methyl sites for hydroxylation is 1. The molecule has 4 nitrogen and oxygen atoms in total. The number of rotatable bonds is 7. The molecule has 0 spiro atoms. The first-order valence-corrected chi connectivity index (χ1v) is 10.5. The van der Waals surface area contributed by atoms with Crippen LogP contribution < -0.4 is 10.0 Å². The summed E-state index contributed by atoms with van der Waals surface area (Å²) in [7, 11) is -3.58. The molecule has 0 heterocycles. The quantitative estimate of drug-likeness (QED) is 0.700. The van der Waals surface area contributed by atoms with Crippen molar-refractivity contribution in [2.24, 2.45) is 0 Å². The lowest BCUT2D eigenvalue weighted by Gasteiger charge is -2.31. The molecule has 6 heteroatoms. The van der Waals surface area contributed by atoms with Gasteiger partial charge in [0.15, 0.2) is 0 Å². The molecule has 0 aromatic heterocycles. The largest absolute Gasteiger partial charge is 0.304 e. The number of hydrogen-bond acceptors (Lipinski definition) is 3. The Morgan fingerprint density at radius 2 is 1.76 bits per heavy atom. The van der Waals surface area contributed by atoms with Crippen LogP contribution in [0.25, 0.3) is 0 Å². The lowest BCUT2D eigenvalue weighted by atomic mass is 10.0. The van der Waals surface area contributed by atoms with Crippen LogP contribution in [0.3, 0.4) is 0 Å². The lowest BCUT2D eigenvalue weighted by molar-refractivity contribution is 0.346. The van der Waals surface area contributed by atoms with Crippen molar-refractivity contribution in [1.82, 2.24) is 10.0 Å². The highest BCUT2D eigenvalue weighted by Crippen LogP contribution is 2.23. The van der Waals surface area contributed by atoms with Crippen LogP contribution in [-0.4, -0.2) is 20.5 Å². The van der Waals surface area contributed by atoms with Crippen LogP contribution in [0.15, 0.2) is 57.9 Å². The van der Waals surface area contributed by atoms with Crippen molar-refractivity contribution < 1.29 is 8.42 Å². The molecule has 0 amide bonds. The van der Waals surface area contributed by atoms with Gasteiger partial charge in [-0.2, -0.15) is 0 Å². The van der Waals surface area contributed by atoms with Gasteiger partial charge < -0.3 is 5.32 Å². The Balaban J connectivity index is 2.05. The number of halogens is 1. The SMILES string of the molecule is Cc1ccc(S(=O)(=O)NCC(C)(C)NC(C)c2ccccc2)c(Br)c1. The zero-order valence-electron chi connectivity index (χ0n) is 15.0. The van der Waals surface area contributed by atoms with E-state index in [9.17, 15) is 8.42 Å². The fraction of sp³-hybridized carbons (Fsp3) is 0.368. The van der Waals surface area contributed by atoms with Crippen molar-refractivity contribution >= 4 is 26.0 Å². The Bertz CT molecular complexity index is 821. The fourth-order valence-corrected chi connectivity index (χ4v) is 5.04. The van der Waals surface area contributed by atoms with Gasteiger partial charge in [0.1, 0.15) is 0 Å². The molecule has 0 saturated heterocycles. The molecular formula is C19H25BrN2O2S. The Kier molecular flexibility index (Phi) is 6.43. The highest BCUT2D eigenvalue weighted by molar-refractivity contribution is 9.10. The lowest BCUT2D eigenvalue weighted by Crippen LogP contribution is -2.49. The summed E-state index contributed by atoms with van der Waals surface area (Å²) in [6.45, 7) is 8.25. The first kappa shape index (κ1) is 20.1. The molecule has 0 aliphatic carbocycles. The van der Waals surface area contributed by atoms with E-state index in [0.29, 0.717) is 4.47 Å². The van der Waals surface area contributed by atoms with Crippen LogP contribution in [0.1, 0.15) is 37.9 Å². The minimum absolute atomic E-state index is 0.117. The van der Waals surface area contributed by atoms with Crippen molar-refractivity contribution in [1.29, 1.82) is 0 Å². The van der Waals surface area contributed by atoms with E-state index in [0.717, 1.165) is 5.56 Å². The first-order valence-electron chi connectivity index (χ1n) is 8.19. The summed E-state index contributed by atoms with van der Waals surface area (Å²) in [6.07, 6.45) is 0. The second-order valence-corrected chi connectivity index (χ2v) is 9.51. The summed E-state index contributed by atoms with van der Waals surface area (Å²) in [5, 5.41) is 3.48. The van der Waals surface area contributed by atoms with Crippen LogP contribution in [0, 0.1) is 6.92 Å². The van der Waals surface area contributed by atoms with Gasteiger partial charge in [0, 0.05) is 22.6 Å². The molecule has 136 valence electrons. The minimum atomic E-state index is -3.58. The second-order valence-electron chi connectivity index (χ2n) is 6.92. The standard InChI is InChI=1S/C19H25BrN2O2S/c1-14-10-11-18(17(20)12-14)25(23,24)21-13-19(3,4)22-15(2)16-8-6-5-7-9-16/h5-12,15,21-22H,13H2,1-4H3. The average Bonchev–Trinajstić information content (AvgIpc) is 2.53. The smallest absolute Gasteiger partial charge is 0.241 e. The zero-order chi connectivity index (χ0) is 18.7. The summed E-state index contributed by atoms with van der Waals surface area (Å²) < 4.78 is 28.5. The van der Waals surface area contributed by atoms with Crippen molar-refractivity contribution in [2.45, 2.75) is 44.2 Å². The number of hydrogen-bond donors (Lipinski definition) is 2. The summed E-state index contributed by atoms with van der Waals surface area (Å²) >= 11 is 3.34. The summed E-state index contributed by atoms with van der Waals surface area (Å²) in [4.78, 5) is 0.255. The van der Waals surface area contributed by atoms with E-state index in [4.69, 9.17) is 0 Å². The van der Waals surface area contributed by atoms with Crippen LogP contribution in [0.4, 0.5) is 0 Å². The van der Waals surface area contributed by atoms with E-state index in [1.54, 1.807) is 18.2 Å². The van der Waals surface area contributed by atoms with Gasteiger partial charge in [-0.25, -0.2) is 13.1 Å². The molecule has 0 aliphatic heterocycles. The van der Waals surface area contributed by atoms with E-state index in [1.165, 1.54) is 5.56 Å². The molecule has 0 bridgehead atoms. The molecule has 2 N–H and O–H groups in total. The third-order valence-corrected chi connectivity index (χ3v) is 6.37. The predicted molar refractivity (Wildman–Crippen MR) is 106 cm³/mol. The summed E-state index contributed by atoms with van der Waals surface area (Å²) in [5.74, 6) is 0. The maximum Gasteiger partial charge on any atom is 0.241 e. The monoisotopic (exact) mass is 424 g/mol. The normalized spacial score (nSPS) is 13.6. The van der Waals surface area contributed by atoms with Gasteiger partial charge in [0.05, 0.1) is 4.90 Å². The van der Waals surface area contributed by atoms with Crippen molar-refractivity contribution in [3.05, 3.63) is 64.1 Å². The Hall–Kier alpha value is -1.21. The molecule has 0 fully saturated rings. The molecule has 0 aliphatic rings.